The summed E-state index contributed by atoms with van der Waals surface area (Å²) in [6, 6.07) is 20.6. The van der Waals surface area contributed by atoms with E-state index in [4.69, 9.17) is 0 Å². The third kappa shape index (κ3) is 4.12. The number of benzene rings is 3. The van der Waals surface area contributed by atoms with Gasteiger partial charge in [0.15, 0.2) is 0 Å². The van der Waals surface area contributed by atoms with E-state index >= 15 is 0 Å². The fraction of sp³-hybridized carbons (Fsp3) is 0.0476. The van der Waals surface area contributed by atoms with Gasteiger partial charge in [-0.3, -0.25) is 4.79 Å². The van der Waals surface area contributed by atoms with Crippen molar-refractivity contribution in [2.75, 3.05) is 0 Å². The molecule has 1 amide bonds. The highest BCUT2D eigenvalue weighted by molar-refractivity contribution is 6.03. The second-order valence-corrected chi connectivity index (χ2v) is 5.65. The molecule has 3 aromatic rings. The van der Waals surface area contributed by atoms with Crippen molar-refractivity contribution in [1.82, 2.24) is 5.43 Å². The summed E-state index contributed by atoms with van der Waals surface area (Å²) in [7, 11) is 0. The lowest BCUT2D eigenvalue weighted by molar-refractivity contribution is 0.0952. The number of hydrazone groups is 1. The van der Waals surface area contributed by atoms with Crippen LogP contribution >= 0.6 is 0 Å². The maximum Gasteiger partial charge on any atom is 0.275 e. The second-order valence-electron chi connectivity index (χ2n) is 5.65. The molecule has 0 aliphatic rings. The maximum absolute atomic E-state index is 12.3. The van der Waals surface area contributed by atoms with E-state index in [0.717, 1.165) is 16.3 Å². The highest BCUT2D eigenvalue weighted by atomic mass is 16.3. The Balaban J connectivity index is 1.73. The van der Waals surface area contributed by atoms with Crippen LogP contribution in [0, 0.1) is 0 Å². The normalized spacial score (nSPS) is 11.8. The molecular weight excluding hydrogens is 312 g/mol. The molecule has 0 aromatic heterocycles. The van der Waals surface area contributed by atoms with Gasteiger partial charge in [-0.2, -0.15) is 5.10 Å². The average molecular weight is 330 g/mol. The minimum Gasteiger partial charge on any atom is -0.507 e. The highest BCUT2D eigenvalue weighted by Crippen LogP contribution is 2.24. The van der Waals surface area contributed by atoms with Crippen LogP contribution in [0.1, 0.15) is 22.8 Å². The molecule has 0 saturated carbocycles. The number of allylic oxidation sites excluding steroid dienone is 1. The van der Waals surface area contributed by atoms with Gasteiger partial charge in [-0.15, -0.1) is 0 Å². The van der Waals surface area contributed by atoms with Gasteiger partial charge < -0.3 is 5.11 Å². The van der Waals surface area contributed by atoms with Crippen LogP contribution in [0.25, 0.3) is 16.8 Å². The van der Waals surface area contributed by atoms with Crippen molar-refractivity contribution in [1.29, 1.82) is 0 Å². The number of carbonyl (C=O) groups excluding carboxylic acids is 1. The molecule has 3 rings (SSSR count). The molecule has 3 aromatic carbocycles. The van der Waals surface area contributed by atoms with Gasteiger partial charge in [0.05, 0.1) is 11.3 Å². The molecule has 4 nitrogen and oxygen atoms in total. The third-order valence-electron chi connectivity index (χ3n) is 3.76. The number of hydrogen-bond donors (Lipinski definition) is 2. The van der Waals surface area contributed by atoms with Crippen molar-refractivity contribution in [2.24, 2.45) is 5.10 Å². The molecule has 0 aliphatic carbocycles. The van der Waals surface area contributed by atoms with E-state index in [1.54, 1.807) is 19.1 Å². The van der Waals surface area contributed by atoms with Crippen LogP contribution in [0.2, 0.25) is 0 Å². The number of aromatic hydroxyl groups is 1. The van der Waals surface area contributed by atoms with Crippen molar-refractivity contribution in [2.45, 2.75) is 6.92 Å². The predicted molar refractivity (Wildman–Crippen MR) is 102 cm³/mol. The van der Waals surface area contributed by atoms with E-state index < -0.39 is 5.91 Å². The van der Waals surface area contributed by atoms with E-state index in [1.807, 2.05) is 66.7 Å². The maximum atomic E-state index is 12.3. The van der Waals surface area contributed by atoms with E-state index in [2.05, 4.69) is 10.5 Å². The van der Waals surface area contributed by atoms with Crippen LogP contribution in [0.4, 0.5) is 0 Å². The Morgan fingerprint density at radius 1 is 1.00 bits per heavy atom. The zero-order valence-corrected chi connectivity index (χ0v) is 13.8. The zero-order valence-electron chi connectivity index (χ0n) is 13.8. The molecule has 0 fully saturated rings. The van der Waals surface area contributed by atoms with Crippen molar-refractivity contribution >= 4 is 28.5 Å². The summed E-state index contributed by atoms with van der Waals surface area (Å²) >= 11 is 0. The van der Waals surface area contributed by atoms with Crippen molar-refractivity contribution < 1.29 is 9.90 Å². The van der Waals surface area contributed by atoms with Crippen molar-refractivity contribution in [3.05, 3.63) is 83.9 Å². The van der Waals surface area contributed by atoms with E-state index in [1.165, 1.54) is 0 Å². The lowest BCUT2D eigenvalue weighted by Gasteiger charge is -2.06. The number of carbonyl (C=O) groups is 1. The van der Waals surface area contributed by atoms with Gasteiger partial charge in [0.2, 0.25) is 0 Å². The molecule has 4 heteroatoms. The number of phenolic OH excluding ortho intramolecular Hbond substituents is 1. The topological polar surface area (TPSA) is 61.7 Å². The van der Waals surface area contributed by atoms with Gasteiger partial charge in [-0.1, -0.05) is 60.7 Å². The minimum absolute atomic E-state index is 0.0659. The Kier molecular flexibility index (Phi) is 4.90. The summed E-state index contributed by atoms with van der Waals surface area (Å²) in [6.45, 7) is 1.79. The molecule has 25 heavy (non-hydrogen) atoms. The first kappa shape index (κ1) is 16.5. The molecule has 124 valence electrons. The largest absolute Gasteiger partial charge is 0.507 e. The van der Waals surface area contributed by atoms with Crippen LogP contribution < -0.4 is 5.43 Å². The monoisotopic (exact) mass is 330 g/mol. The number of hydrogen-bond acceptors (Lipinski definition) is 3. The van der Waals surface area contributed by atoms with Crippen LogP contribution in [-0.4, -0.2) is 16.7 Å². The molecule has 0 radical (unpaired) electrons. The quantitative estimate of drug-likeness (QED) is 0.551. The molecule has 2 N–H and O–H groups in total. The number of amides is 1. The van der Waals surface area contributed by atoms with Gasteiger partial charge in [0.25, 0.3) is 5.91 Å². The molecular formula is C21H18N2O2. The Labute approximate surface area is 146 Å². The first-order valence-corrected chi connectivity index (χ1v) is 7.93. The SMILES string of the molecule is CC(C=Cc1ccccc1)=NNC(=O)c1cc2ccccc2cc1O. The van der Waals surface area contributed by atoms with Crippen molar-refractivity contribution in [3.63, 3.8) is 0 Å². The highest BCUT2D eigenvalue weighted by Gasteiger charge is 2.11. The molecule has 0 unspecified atom stereocenters. The lowest BCUT2D eigenvalue weighted by Crippen LogP contribution is -2.18. The van der Waals surface area contributed by atoms with Gasteiger partial charge >= 0.3 is 0 Å². The standard InChI is InChI=1S/C21H18N2O2/c1-15(11-12-16-7-3-2-4-8-16)22-23-21(25)19-13-17-9-5-6-10-18(17)14-20(19)24/h2-14,24H,1H3,(H,23,25). The van der Waals surface area contributed by atoms with E-state index in [0.29, 0.717) is 5.71 Å². The van der Waals surface area contributed by atoms with Crippen LogP contribution in [0.15, 0.2) is 77.9 Å². The number of nitrogens with zero attached hydrogens (tertiary/aromatic N) is 1. The predicted octanol–water partition coefficient (Wildman–Crippen LogP) is 4.36. The summed E-state index contributed by atoms with van der Waals surface area (Å²) in [5.41, 5.74) is 4.38. The first-order chi connectivity index (χ1) is 12.1. The summed E-state index contributed by atoms with van der Waals surface area (Å²) in [5.74, 6) is -0.514. The zero-order chi connectivity index (χ0) is 17.6. The Morgan fingerprint density at radius 3 is 2.36 bits per heavy atom. The Morgan fingerprint density at radius 2 is 1.64 bits per heavy atom. The van der Waals surface area contributed by atoms with Crippen LogP contribution in [0.3, 0.4) is 0 Å². The lowest BCUT2D eigenvalue weighted by atomic mass is 10.1. The minimum atomic E-state index is -0.448. The molecule has 0 saturated heterocycles. The fourth-order valence-corrected chi connectivity index (χ4v) is 2.43. The third-order valence-corrected chi connectivity index (χ3v) is 3.76. The van der Waals surface area contributed by atoms with Crippen LogP contribution in [-0.2, 0) is 0 Å². The summed E-state index contributed by atoms with van der Waals surface area (Å²) in [4.78, 5) is 12.3. The fourth-order valence-electron chi connectivity index (χ4n) is 2.43. The number of fused-ring (bicyclic) bond motifs is 1. The molecule has 0 heterocycles. The van der Waals surface area contributed by atoms with Gasteiger partial charge in [-0.25, -0.2) is 5.43 Å². The van der Waals surface area contributed by atoms with Gasteiger partial charge in [0.1, 0.15) is 5.75 Å². The number of phenols is 1. The molecule has 0 spiro atoms. The molecule has 0 atom stereocenters. The number of rotatable bonds is 4. The van der Waals surface area contributed by atoms with Crippen LogP contribution in [0.5, 0.6) is 5.75 Å². The van der Waals surface area contributed by atoms with Crippen molar-refractivity contribution in [3.8, 4) is 5.75 Å². The second kappa shape index (κ2) is 7.45. The smallest absolute Gasteiger partial charge is 0.275 e. The Hall–Kier alpha value is -3.40. The molecule has 0 aliphatic heterocycles. The summed E-state index contributed by atoms with van der Waals surface area (Å²) in [6.07, 6.45) is 3.73. The summed E-state index contributed by atoms with van der Waals surface area (Å²) < 4.78 is 0. The first-order valence-electron chi connectivity index (χ1n) is 7.93. The van der Waals surface area contributed by atoms with E-state index in [9.17, 15) is 9.90 Å². The number of nitrogens with one attached hydrogen (secondary N) is 1. The van der Waals surface area contributed by atoms with E-state index in [-0.39, 0.29) is 11.3 Å². The molecule has 0 bridgehead atoms. The summed E-state index contributed by atoms with van der Waals surface area (Å²) in [5, 5.41) is 15.9. The van der Waals surface area contributed by atoms with Gasteiger partial charge in [-0.05, 0) is 41.5 Å². The Bertz CT molecular complexity index is 960. The average Bonchev–Trinajstić information content (AvgIpc) is 2.64. The van der Waals surface area contributed by atoms with Gasteiger partial charge in [0, 0.05) is 0 Å².